The van der Waals surface area contributed by atoms with E-state index in [2.05, 4.69) is 24.7 Å². The van der Waals surface area contributed by atoms with Crippen molar-refractivity contribution in [1.29, 1.82) is 0 Å². The number of oxime groups is 1. The molecule has 0 aliphatic carbocycles. The van der Waals surface area contributed by atoms with E-state index < -0.39 is 29.2 Å². The monoisotopic (exact) mass is 472 g/mol. The smallest absolute Gasteiger partial charge is 0.352 e. The van der Waals surface area contributed by atoms with Gasteiger partial charge in [0.25, 0.3) is 11.8 Å². The van der Waals surface area contributed by atoms with Crippen LogP contribution >= 0.6 is 35.1 Å². The van der Waals surface area contributed by atoms with E-state index in [9.17, 15) is 24.3 Å². The van der Waals surface area contributed by atoms with Crippen LogP contribution in [0.4, 0.5) is 5.13 Å². The van der Waals surface area contributed by atoms with Gasteiger partial charge in [-0.25, -0.2) is 4.79 Å². The number of carboxylic acids is 1. The van der Waals surface area contributed by atoms with Crippen molar-refractivity contribution in [2.24, 2.45) is 5.16 Å². The molecule has 0 bridgehead atoms. The second kappa shape index (κ2) is 9.01. The predicted octanol–water partition coefficient (Wildman–Crippen LogP) is -0.511. The summed E-state index contributed by atoms with van der Waals surface area (Å²) >= 11 is 3.14. The van der Waals surface area contributed by atoms with Gasteiger partial charge in [0.1, 0.15) is 24.2 Å². The molecule has 2 atom stereocenters. The number of aromatic nitrogens is 2. The number of nitrogens with two attached hydrogens (primary N) is 1. The average Bonchev–Trinajstić information content (AvgIpc) is 3.13. The van der Waals surface area contributed by atoms with Gasteiger partial charge in [0, 0.05) is 30.0 Å². The van der Waals surface area contributed by atoms with Crippen molar-refractivity contribution in [3.05, 3.63) is 17.1 Å². The number of hydrogen-bond donors (Lipinski definition) is 3. The molecule has 1 aromatic rings. The van der Waals surface area contributed by atoms with Crippen molar-refractivity contribution < 1.29 is 29.1 Å². The molecule has 0 saturated carbocycles. The van der Waals surface area contributed by atoms with Gasteiger partial charge in [-0.3, -0.25) is 19.3 Å². The maximum Gasteiger partial charge on any atom is 0.352 e. The standard InChI is InChI=1S/C15H16N6O6S3/c1-5(22)28-3-6-4-29-13-8(12(24)21(13)9(6)14(25)26)17-11(23)7(19-27-2)10-18-15(16)30-20-10/h8,13H,3-4H2,1-2H3,(H,17,23)(H,25,26)(H2,16,18,20)/t8?,13-/m1/s1. The second-order valence-electron chi connectivity index (χ2n) is 5.98. The number of rotatable bonds is 7. The summed E-state index contributed by atoms with van der Waals surface area (Å²) in [6.07, 6.45) is 0. The number of amides is 2. The summed E-state index contributed by atoms with van der Waals surface area (Å²) in [5.41, 5.74) is 5.60. The normalized spacial score (nSPS) is 21.1. The molecule has 1 unspecified atom stereocenters. The van der Waals surface area contributed by atoms with Crippen molar-refractivity contribution in [3.8, 4) is 0 Å². The van der Waals surface area contributed by atoms with E-state index >= 15 is 0 Å². The lowest BCUT2D eigenvalue weighted by Gasteiger charge is -2.49. The fourth-order valence-corrected chi connectivity index (χ4v) is 5.33. The number of thioether (sulfide) groups is 2. The van der Waals surface area contributed by atoms with Gasteiger partial charge in [-0.05, 0) is 5.57 Å². The first-order valence-electron chi connectivity index (χ1n) is 8.29. The van der Waals surface area contributed by atoms with Crippen LogP contribution in [0.15, 0.2) is 16.4 Å². The van der Waals surface area contributed by atoms with Gasteiger partial charge in [0.2, 0.25) is 11.5 Å². The third-order valence-electron chi connectivity index (χ3n) is 4.04. The van der Waals surface area contributed by atoms with E-state index in [1.807, 2.05) is 0 Å². The summed E-state index contributed by atoms with van der Waals surface area (Å²) in [5, 5.41) is 15.1. The number of aliphatic carboxylic acids is 1. The molecule has 0 aromatic carbocycles. The summed E-state index contributed by atoms with van der Waals surface area (Å²) < 4.78 is 3.91. The first kappa shape index (κ1) is 22.0. The molecule has 15 heteroatoms. The minimum Gasteiger partial charge on any atom is -0.477 e. The van der Waals surface area contributed by atoms with Crippen molar-refractivity contribution in [2.75, 3.05) is 24.3 Å². The Balaban J connectivity index is 1.77. The number of hydrogen-bond acceptors (Lipinski definition) is 12. The number of anilines is 1. The predicted molar refractivity (Wildman–Crippen MR) is 111 cm³/mol. The summed E-state index contributed by atoms with van der Waals surface area (Å²) in [4.78, 5) is 57.9. The van der Waals surface area contributed by atoms with Gasteiger partial charge < -0.3 is 21.0 Å². The van der Waals surface area contributed by atoms with Gasteiger partial charge in [-0.1, -0.05) is 16.9 Å². The maximum absolute atomic E-state index is 12.7. The molecule has 2 aliphatic heterocycles. The van der Waals surface area contributed by atoms with Crippen LogP contribution in [0.1, 0.15) is 12.7 Å². The zero-order valence-electron chi connectivity index (χ0n) is 15.6. The minimum absolute atomic E-state index is 0.0496. The summed E-state index contributed by atoms with van der Waals surface area (Å²) in [5.74, 6) is -2.16. The van der Waals surface area contributed by atoms with Gasteiger partial charge in [0.15, 0.2) is 10.2 Å². The Morgan fingerprint density at radius 2 is 2.20 bits per heavy atom. The Labute approximate surface area is 182 Å². The van der Waals surface area contributed by atoms with Crippen LogP contribution in [-0.4, -0.2) is 78.0 Å². The third kappa shape index (κ3) is 4.27. The maximum atomic E-state index is 12.7. The molecular formula is C15H16N6O6S3. The lowest BCUT2D eigenvalue weighted by Crippen LogP contribution is -2.71. The quantitative estimate of drug-likeness (QED) is 0.264. The van der Waals surface area contributed by atoms with Crippen LogP contribution in [0.2, 0.25) is 0 Å². The lowest BCUT2D eigenvalue weighted by molar-refractivity contribution is -0.150. The highest BCUT2D eigenvalue weighted by atomic mass is 32.2. The Kier molecular flexibility index (Phi) is 6.62. The van der Waals surface area contributed by atoms with E-state index in [0.29, 0.717) is 11.3 Å². The Morgan fingerprint density at radius 3 is 2.77 bits per heavy atom. The molecule has 2 aliphatic rings. The zero-order valence-corrected chi connectivity index (χ0v) is 18.1. The van der Waals surface area contributed by atoms with E-state index in [-0.39, 0.29) is 33.2 Å². The molecule has 4 N–H and O–H groups in total. The SMILES string of the molecule is CON=C(C(=O)NC1C(=O)N2C(C(=O)O)=C(CSC(C)=O)CS[C@H]12)c1nsc(N)n1. The topological polar surface area (TPSA) is 177 Å². The van der Waals surface area contributed by atoms with Crippen LogP contribution in [0, 0.1) is 0 Å². The molecule has 1 aromatic heterocycles. The van der Waals surface area contributed by atoms with E-state index in [1.54, 1.807) is 0 Å². The molecular weight excluding hydrogens is 456 g/mol. The van der Waals surface area contributed by atoms with Crippen LogP contribution < -0.4 is 11.1 Å². The number of carboxylic acid groups (broad SMARTS) is 1. The summed E-state index contributed by atoms with van der Waals surface area (Å²) in [7, 11) is 1.24. The van der Waals surface area contributed by atoms with E-state index in [1.165, 1.54) is 25.8 Å². The molecule has 1 saturated heterocycles. The molecule has 160 valence electrons. The van der Waals surface area contributed by atoms with Crippen molar-refractivity contribution in [1.82, 2.24) is 19.6 Å². The summed E-state index contributed by atoms with van der Waals surface area (Å²) in [6.45, 7) is 1.38. The minimum atomic E-state index is -1.26. The molecule has 2 amide bonds. The third-order valence-corrected chi connectivity index (χ3v) is 6.82. The zero-order chi connectivity index (χ0) is 22.0. The molecule has 3 rings (SSSR count). The second-order valence-corrected chi connectivity index (χ2v) is 9.02. The van der Waals surface area contributed by atoms with Gasteiger partial charge in [0.05, 0.1) is 0 Å². The summed E-state index contributed by atoms with van der Waals surface area (Å²) in [6, 6.07) is -0.961. The highest BCUT2D eigenvalue weighted by molar-refractivity contribution is 8.13. The number of β-lactam (4-membered cyclic amide) rings is 1. The van der Waals surface area contributed by atoms with Gasteiger partial charge in [-0.15, -0.1) is 11.8 Å². The number of carbonyl (C=O) groups is 4. The molecule has 3 heterocycles. The fraction of sp³-hybridized carbons (Fsp3) is 0.400. The van der Waals surface area contributed by atoms with Crippen LogP contribution in [0.5, 0.6) is 0 Å². The number of nitrogens with one attached hydrogen (secondary N) is 1. The number of fused-ring (bicyclic) bond motifs is 1. The van der Waals surface area contributed by atoms with E-state index in [4.69, 9.17) is 5.73 Å². The number of nitrogens with zero attached hydrogens (tertiary/aromatic N) is 4. The lowest BCUT2D eigenvalue weighted by atomic mass is 10.0. The van der Waals surface area contributed by atoms with Crippen molar-refractivity contribution in [2.45, 2.75) is 18.3 Å². The molecule has 30 heavy (non-hydrogen) atoms. The highest BCUT2D eigenvalue weighted by Gasteiger charge is 2.54. The van der Waals surface area contributed by atoms with Crippen LogP contribution in [0.3, 0.4) is 0 Å². The van der Waals surface area contributed by atoms with Gasteiger partial charge in [-0.2, -0.15) is 9.36 Å². The largest absolute Gasteiger partial charge is 0.477 e. The number of carbonyl (C=O) groups excluding carboxylic acids is 3. The first-order valence-corrected chi connectivity index (χ1v) is 11.1. The van der Waals surface area contributed by atoms with Crippen molar-refractivity contribution >= 4 is 68.8 Å². The molecule has 0 spiro atoms. The highest BCUT2D eigenvalue weighted by Crippen LogP contribution is 2.41. The number of nitrogen functional groups attached to an aromatic ring is 1. The molecule has 12 nitrogen and oxygen atoms in total. The van der Waals surface area contributed by atoms with Crippen LogP contribution in [0.25, 0.3) is 0 Å². The Morgan fingerprint density at radius 1 is 1.47 bits per heavy atom. The Hall–Kier alpha value is -2.65. The van der Waals surface area contributed by atoms with Crippen molar-refractivity contribution in [3.63, 3.8) is 0 Å². The van der Waals surface area contributed by atoms with E-state index in [0.717, 1.165) is 28.2 Å². The fourth-order valence-electron chi connectivity index (χ4n) is 2.80. The average molecular weight is 473 g/mol. The molecule has 1 fully saturated rings. The first-order chi connectivity index (χ1) is 14.2. The Bertz CT molecular complexity index is 976. The van der Waals surface area contributed by atoms with Crippen LogP contribution in [-0.2, 0) is 24.0 Å². The molecule has 0 radical (unpaired) electrons. The van der Waals surface area contributed by atoms with Gasteiger partial charge >= 0.3 is 5.97 Å².